The largest absolute Gasteiger partial charge is 0.379 e. The van der Waals surface area contributed by atoms with Crippen molar-refractivity contribution < 1.29 is 4.74 Å². The van der Waals surface area contributed by atoms with Crippen LogP contribution in [0.2, 0.25) is 0 Å². The number of methoxy groups -OCH3 is 1. The number of nitrogens with one attached hydrogen (secondary N) is 1. The zero-order chi connectivity index (χ0) is 14.1. The van der Waals surface area contributed by atoms with E-state index in [1.807, 2.05) is 0 Å². The summed E-state index contributed by atoms with van der Waals surface area (Å²) in [5.41, 5.74) is 1.39. The Labute approximate surface area is 118 Å². The summed E-state index contributed by atoms with van der Waals surface area (Å²) in [5.74, 6) is 0. The standard InChI is InChI=1S/C17H29NO/c1-5-18-16(14-17(2,3)19-4)13-9-12-15-10-7-6-8-11-15/h6-8,10-11,16,18H,5,9,12-14H2,1-4H3. The lowest BCUT2D eigenvalue weighted by Gasteiger charge is -2.29. The van der Waals surface area contributed by atoms with Crippen molar-refractivity contribution in [2.24, 2.45) is 0 Å². The van der Waals surface area contributed by atoms with Gasteiger partial charge in [0, 0.05) is 13.2 Å². The van der Waals surface area contributed by atoms with E-state index in [1.165, 1.54) is 18.4 Å². The Morgan fingerprint density at radius 3 is 2.47 bits per heavy atom. The van der Waals surface area contributed by atoms with Gasteiger partial charge in [-0.15, -0.1) is 0 Å². The second-order valence-corrected chi connectivity index (χ2v) is 5.80. The summed E-state index contributed by atoms with van der Waals surface area (Å²) in [5, 5.41) is 3.58. The minimum atomic E-state index is -0.0421. The zero-order valence-electron chi connectivity index (χ0n) is 12.9. The number of ether oxygens (including phenoxy) is 1. The fourth-order valence-electron chi connectivity index (χ4n) is 2.44. The van der Waals surface area contributed by atoms with Crippen LogP contribution in [-0.2, 0) is 11.2 Å². The van der Waals surface area contributed by atoms with Crippen molar-refractivity contribution in [3.05, 3.63) is 35.9 Å². The van der Waals surface area contributed by atoms with Crippen LogP contribution in [0.4, 0.5) is 0 Å². The van der Waals surface area contributed by atoms with Crippen LogP contribution < -0.4 is 5.32 Å². The van der Waals surface area contributed by atoms with Gasteiger partial charge < -0.3 is 10.1 Å². The highest BCUT2D eigenvalue weighted by molar-refractivity contribution is 5.14. The molecule has 0 aliphatic heterocycles. The molecular weight excluding hydrogens is 234 g/mol. The van der Waals surface area contributed by atoms with E-state index in [4.69, 9.17) is 4.74 Å². The molecule has 0 aromatic heterocycles. The second-order valence-electron chi connectivity index (χ2n) is 5.80. The van der Waals surface area contributed by atoms with E-state index >= 15 is 0 Å². The number of rotatable bonds is 9. The van der Waals surface area contributed by atoms with Gasteiger partial charge in [0.25, 0.3) is 0 Å². The molecule has 0 aliphatic carbocycles. The lowest BCUT2D eigenvalue weighted by molar-refractivity contribution is 0.00639. The second kappa shape index (κ2) is 8.34. The minimum Gasteiger partial charge on any atom is -0.379 e. The van der Waals surface area contributed by atoms with Crippen LogP contribution in [0.25, 0.3) is 0 Å². The minimum absolute atomic E-state index is 0.0421. The summed E-state index contributed by atoms with van der Waals surface area (Å²) in [6, 6.07) is 11.3. The van der Waals surface area contributed by atoms with Crippen LogP contribution in [0, 0.1) is 0 Å². The van der Waals surface area contributed by atoms with Gasteiger partial charge in [0.05, 0.1) is 5.60 Å². The van der Waals surface area contributed by atoms with Crippen LogP contribution in [0.3, 0.4) is 0 Å². The van der Waals surface area contributed by atoms with Crippen LogP contribution in [-0.4, -0.2) is 25.3 Å². The van der Waals surface area contributed by atoms with Crippen LogP contribution in [0.15, 0.2) is 30.3 Å². The molecule has 2 nitrogen and oxygen atoms in total. The van der Waals surface area contributed by atoms with Crippen LogP contribution in [0.1, 0.15) is 45.6 Å². The maximum Gasteiger partial charge on any atom is 0.0637 e. The molecule has 0 saturated heterocycles. The third-order valence-electron chi connectivity index (χ3n) is 3.64. The molecule has 1 atom stereocenters. The van der Waals surface area contributed by atoms with Gasteiger partial charge in [0.15, 0.2) is 0 Å². The molecule has 1 aromatic carbocycles. The van der Waals surface area contributed by atoms with Crippen molar-refractivity contribution >= 4 is 0 Å². The Bertz CT molecular complexity index is 334. The van der Waals surface area contributed by atoms with Gasteiger partial charge in [-0.3, -0.25) is 0 Å². The van der Waals surface area contributed by atoms with E-state index in [9.17, 15) is 0 Å². The molecule has 1 rings (SSSR count). The van der Waals surface area contributed by atoms with E-state index in [0.29, 0.717) is 6.04 Å². The predicted molar refractivity (Wildman–Crippen MR) is 82.5 cm³/mol. The molecule has 2 heteroatoms. The Morgan fingerprint density at radius 1 is 1.21 bits per heavy atom. The molecule has 19 heavy (non-hydrogen) atoms. The molecule has 0 heterocycles. The van der Waals surface area contributed by atoms with Crippen molar-refractivity contribution in [2.75, 3.05) is 13.7 Å². The molecule has 0 aliphatic rings. The number of hydrogen-bond acceptors (Lipinski definition) is 2. The van der Waals surface area contributed by atoms with Gasteiger partial charge in [0.2, 0.25) is 0 Å². The lowest BCUT2D eigenvalue weighted by atomic mass is 9.94. The number of aryl methyl sites for hydroxylation is 1. The summed E-state index contributed by atoms with van der Waals surface area (Å²) >= 11 is 0. The molecule has 1 N–H and O–H groups in total. The normalized spacial score (nSPS) is 13.5. The predicted octanol–water partition coefficient (Wildman–Crippen LogP) is 3.80. The lowest BCUT2D eigenvalue weighted by Crippen LogP contribution is -2.37. The number of benzene rings is 1. The van der Waals surface area contributed by atoms with E-state index in [1.54, 1.807) is 7.11 Å². The quantitative estimate of drug-likeness (QED) is 0.731. The Kier molecular flexibility index (Phi) is 7.11. The monoisotopic (exact) mass is 263 g/mol. The summed E-state index contributed by atoms with van der Waals surface area (Å²) < 4.78 is 5.54. The van der Waals surface area contributed by atoms with Crippen molar-refractivity contribution in [1.82, 2.24) is 5.32 Å². The van der Waals surface area contributed by atoms with E-state index in [2.05, 4.69) is 56.4 Å². The van der Waals surface area contributed by atoms with Crippen LogP contribution >= 0.6 is 0 Å². The maximum absolute atomic E-state index is 5.54. The Balaban J connectivity index is 2.37. The van der Waals surface area contributed by atoms with Crippen molar-refractivity contribution in [2.45, 2.75) is 58.1 Å². The maximum atomic E-state index is 5.54. The molecule has 0 bridgehead atoms. The van der Waals surface area contributed by atoms with Gasteiger partial charge in [0.1, 0.15) is 0 Å². The summed E-state index contributed by atoms with van der Waals surface area (Å²) in [7, 11) is 1.80. The first-order valence-electron chi connectivity index (χ1n) is 7.40. The van der Waals surface area contributed by atoms with Gasteiger partial charge in [-0.2, -0.15) is 0 Å². The SMILES string of the molecule is CCNC(CCCc1ccccc1)CC(C)(C)OC. The molecule has 0 saturated carbocycles. The highest BCUT2D eigenvalue weighted by Crippen LogP contribution is 2.19. The van der Waals surface area contributed by atoms with E-state index < -0.39 is 0 Å². The first-order chi connectivity index (χ1) is 9.07. The van der Waals surface area contributed by atoms with E-state index in [-0.39, 0.29) is 5.60 Å². The fraction of sp³-hybridized carbons (Fsp3) is 0.647. The first kappa shape index (κ1) is 16.2. The average molecular weight is 263 g/mol. The molecule has 108 valence electrons. The highest BCUT2D eigenvalue weighted by Gasteiger charge is 2.21. The average Bonchev–Trinajstić information content (AvgIpc) is 2.40. The smallest absolute Gasteiger partial charge is 0.0637 e. The van der Waals surface area contributed by atoms with E-state index in [0.717, 1.165) is 19.4 Å². The molecule has 0 radical (unpaired) electrons. The Morgan fingerprint density at radius 2 is 1.89 bits per heavy atom. The molecule has 1 unspecified atom stereocenters. The van der Waals surface area contributed by atoms with Crippen molar-refractivity contribution in [3.63, 3.8) is 0 Å². The Hall–Kier alpha value is -0.860. The number of hydrogen-bond donors (Lipinski definition) is 1. The molecular formula is C17H29NO. The zero-order valence-corrected chi connectivity index (χ0v) is 12.9. The van der Waals surface area contributed by atoms with Crippen molar-refractivity contribution in [1.29, 1.82) is 0 Å². The van der Waals surface area contributed by atoms with Crippen molar-refractivity contribution in [3.8, 4) is 0 Å². The third kappa shape index (κ3) is 6.74. The van der Waals surface area contributed by atoms with Gasteiger partial charge in [-0.05, 0) is 51.6 Å². The highest BCUT2D eigenvalue weighted by atomic mass is 16.5. The van der Waals surface area contributed by atoms with Gasteiger partial charge in [-0.1, -0.05) is 37.3 Å². The molecule has 0 fully saturated rings. The third-order valence-corrected chi connectivity index (χ3v) is 3.64. The summed E-state index contributed by atoms with van der Waals surface area (Å²) in [6.45, 7) is 7.52. The van der Waals surface area contributed by atoms with Gasteiger partial charge >= 0.3 is 0 Å². The molecule has 0 amide bonds. The fourth-order valence-corrected chi connectivity index (χ4v) is 2.44. The molecule has 1 aromatic rings. The first-order valence-corrected chi connectivity index (χ1v) is 7.40. The topological polar surface area (TPSA) is 21.3 Å². The summed E-state index contributed by atoms with van der Waals surface area (Å²) in [6.07, 6.45) is 4.65. The van der Waals surface area contributed by atoms with Crippen LogP contribution in [0.5, 0.6) is 0 Å². The molecule has 0 spiro atoms. The summed E-state index contributed by atoms with van der Waals surface area (Å²) in [4.78, 5) is 0. The van der Waals surface area contributed by atoms with Gasteiger partial charge in [-0.25, -0.2) is 0 Å².